The number of carbonyl (C=O) groups excluding carboxylic acids is 2. The van der Waals surface area contributed by atoms with E-state index in [9.17, 15) is 14.4 Å². The standard InChI is InChI=1S/C29H34ClN3O5/c1-6-10-21(17-26(34)37-7-2)33-24-12-9-8-11-23(24)32(27(33)35)18-19-15-20(30)16-25-22(19)13-14-31(25)28(36)38-29(3,4)5/h8-9,11-16,21H,6-7,10,17-18H2,1-5H3. The molecule has 0 N–H and O–H groups in total. The number of aromatic nitrogens is 3. The number of para-hydroxylation sites is 2. The van der Waals surface area contributed by atoms with E-state index in [0.717, 1.165) is 28.4 Å². The fourth-order valence-corrected chi connectivity index (χ4v) is 5.09. The maximum atomic E-state index is 13.9. The first-order chi connectivity index (χ1) is 18.0. The molecule has 0 radical (unpaired) electrons. The molecule has 1 atom stereocenters. The van der Waals surface area contributed by atoms with E-state index in [0.29, 0.717) is 23.6 Å². The van der Waals surface area contributed by atoms with Crippen LogP contribution in [0.2, 0.25) is 5.02 Å². The Kier molecular flexibility index (Phi) is 8.02. The smallest absolute Gasteiger partial charge is 0.418 e. The lowest BCUT2D eigenvalue weighted by atomic mass is 10.1. The summed E-state index contributed by atoms with van der Waals surface area (Å²) >= 11 is 6.49. The maximum absolute atomic E-state index is 13.9. The van der Waals surface area contributed by atoms with Crippen LogP contribution < -0.4 is 5.69 Å². The van der Waals surface area contributed by atoms with Gasteiger partial charge in [-0.3, -0.25) is 18.5 Å². The van der Waals surface area contributed by atoms with Crippen LogP contribution in [0.3, 0.4) is 0 Å². The van der Waals surface area contributed by atoms with Crippen molar-refractivity contribution >= 4 is 45.6 Å². The summed E-state index contributed by atoms with van der Waals surface area (Å²) in [6.07, 6.45) is 2.74. The number of halogens is 1. The molecular weight excluding hydrogens is 506 g/mol. The SMILES string of the molecule is CCCC(CC(=O)OCC)n1c(=O)n(Cc2cc(Cl)cc3c2ccn3C(=O)OC(C)(C)C)c2ccccc21. The molecule has 0 bridgehead atoms. The van der Waals surface area contributed by atoms with Gasteiger partial charge in [-0.05, 0) is 70.0 Å². The zero-order valence-corrected chi connectivity index (χ0v) is 23.2. The molecule has 1 unspecified atom stereocenters. The van der Waals surface area contributed by atoms with Gasteiger partial charge in [0.05, 0.1) is 36.1 Å². The highest BCUT2D eigenvalue weighted by atomic mass is 35.5. The van der Waals surface area contributed by atoms with Crippen molar-refractivity contribution in [3.8, 4) is 0 Å². The predicted molar refractivity (Wildman–Crippen MR) is 149 cm³/mol. The minimum Gasteiger partial charge on any atom is -0.466 e. The van der Waals surface area contributed by atoms with Crippen LogP contribution in [-0.2, 0) is 20.8 Å². The van der Waals surface area contributed by atoms with E-state index in [2.05, 4.69) is 0 Å². The molecule has 38 heavy (non-hydrogen) atoms. The van der Waals surface area contributed by atoms with Gasteiger partial charge >= 0.3 is 17.8 Å². The second-order valence-corrected chi connectivity index (χ2v) is 10.8. The summed E-state index contributed by atoms with van der Waals surface area (Å²) in [6.45, 7) is 9.76. The second kappa shape index (κ2) is 11.1. The summed E-state index contributed by atoms with van der Waals surface area (Å²) < 4.78 is 15.6. The molecule has 2 aromatic carbocycles. The normalized spacial score (nSPS) is 12.7. The third-order valence-corrected chi connectivity index (χ3v) is 6.56. The highest BCUT2D eigenvalue weighted by Crippen LogP contribution is 2.29. The zero-order chi connectivity index (χ0) is 27.6. The Morgan fingerprint density at radius 2 is 1.74 bits per heavy atom. The largest absolute Gasteiger partial charge is 0.466 e. The van der Waals surface area contributed by atoms with Gasteiger partial charge in [0.1, 0.15) is 5.60 Å². The van der Waals surface area contributed by atoms with Crippen LogP contribution in [0.5, 0.6) is 0 Å². The summed E-state index contributed by atoms with van der Waals surface area (Å²) in [5, 5.41) is 1.24. The van der Waals surface area contributed by atoms with E-state index in [1.165, 1.54) is 4.57 Å². The fraction of sp³-hybridized carbons (Fsp3) is 0.414. The molecule has 0 aliphatic carbocycles. The molecule has 8 nitrogen and oxygen atoms in total. The van der Waals surface area contributed by atoms with Gasteiger partial charge in [0.15, 0.2) is 0 Å². The zero-order valence-electron chi connectivity index (χ0n) is 22.5. The van der Waals surface area contributed by atoms with Crippen molar-refractivity contribution in [1.82, 2.24) is 13.7 Å². The number of benzene rings is 2. The van der Waals surface area contributed by atoms with E-state index >= 15 is 0 Å². The Labute approximate surface area is 226 Å². The molecule has 0 fully saturated rings. The van der Waals surface area contributed by atoms with E-state index in [4.69, 9.17) is 21.1 Å². The van der Waals surface area contributed by atoms with Crippen molar-refractivity contribution in [2.45, 2.75) is 72.1 Å². The molecule has 4 aromatic rings. The van der Waals surface area contributed by atoms with Gasteiger partial charge in [0.25, 0.3) is 0 Å². The van der Waals surface area contributed by atoms with Gasteiger partial charge < -0.3 is 9.47 Å². The van der Waals surface area contributed by atoms with Crippen molar-refractivity contribution in [3.63, 3.8) is 0 Å². The predicted octanol–water partition coefficient (Wildman–Crippen LogP) is 6.54. The number of carbonyl (C=O) groups is 2. The third-order valence-electron chi connectivity index (χ3n) is 6.34. The van der Waals surface area contributed by atoms with Gasteiger partial charge in [-0.25, -0.2) is 9.59 Å². The van der Waals surface area contributed by atoms with Crippen molar-refractivity contribution in [2.24, 2.45) is 0 Å². The third kappa shape index (κ3) is 5.65. The van der Waals surface area contributed by atoms with Gasteiger partial charge in [-0.1, -0.05) is 37.1 Å². The summed E-state index contributed by atoms with van der Waals surface area (Å²) in [4.78, 5) is 39.1. The molecule has 2 heterocycles. The minimum absolute atomic E-state index is 0.121. The van der Waals surface area contributed by atoms with Crippen LogP contribution in [0.25, 0.3) is 21.9 Å². The number of fused-ring (bicyclic) bond motifs is 2. The molecule has 0 amide bonds. The van der Waals surface area contributed by atoms with Crippen LogP contribution in [0.4, 0.5) is 4.79 Å². The molecule has 4 rings (SSSR count). The Bertz CT molecular complexity index is 1540. The number of imidazole rings is 1. The number of rotatable bonds is 8. The number of hydrogen-bond donors (Lipinski definition) is 0. The van der Waals surface area contributed by atoms with Crippen LogP contribution >= 0.6 is 11.6 Å². The molecule has 0 saturated carbocycles. The summed E-state index contributed by atoms with van der Waals surface area (Å²) in [7, 11) is 0. The first-order valence-corrected chi connectivity index (χ1v) is 13.3. The first kappa shape index (κ1) is 27.5. The molecule has 0 aliphatic heterocycles. The molecular formula is C29H34ClN3O5. The monoisotopic (exact) mass is 539 g/mol. The number of esters is 1. The van der Waals surface area contributed by atoms with Crippen LogP contribution in [-0.4, -0.2) is 38.0 Å². The van der Waals surface area contributed by atoms with Gasteiger partial charge in [0.2, 0.25) is 0 Å². The van der Waals surface area contributed by atoms with Crippen LogP contribution in [0, 0.1) is 0 Å². The summed E-state index contributed by atoms with van der Waals surface area (Å²) in [6, 6.07) is 12.6. The molecule has 2 aromatic heterocycles. The van der Waals surface area contributed by atoms with Crippen LogP contribution in [0.1, 0.15) is 65.5 Å². The molecule has 202 valence electrons. The molecule has 0 aliphatic rings. The second-order valence-electron chi connectivity index (χ2n) is 10.3. The highest BCUT2D eigenvalue weighted by Gasteiger charge is 2.24. The van der Waals surface area contributed by atoms with Crippen molar-refractivity contribution < 1.29 is 19.1 Å². The van der Waals surface area contributed by atoms with E-state index in [1.54, 1.807) is 28.3 Å². The lowest BCUT2D eigenvalue weighted by Crippen LogP contribution is -2.29. The van der Waals surface area contributed by atoms with Gasteiger partial charge in [-0.2, -0.15) is 0 Å². The first-order valence-electron chi connectivity index (χ1n) is 12.9. The summed E-state index contributed by atoms with van der Waals surface area (Å²) in [5.41, 5.74) is 2.03. The molecule has 9 heteroatoms. The Balaban J connectivity index is 1.81. The average Bonchev–Trinajstić information content (AvgIpc) is 3.37. The lowest BCUT2D eigenvalue weighted by molar-refractivity contribution is -0.144. The topological polar surface area (TPSA) is 84.5 Å². The van der Waals surface area contributed by atoms with E-state index in [-0.39, 0.29) is 30.7 Å². The van der Waals surface area contributed by atoms with Gasteiger partial charge in [0, 0.05) is 22.6 Å². The lowest BCUT2D eigenvalue weighted by Gasteiger charge is -2.20. The number of nitrogens with zero attached hydrogens (tertiary/aromatic N) is 3. The number of ether oxygens (including phenoxy) is 2. The van der Waals surface area contributed by atoms with E-state index in [1.807, 2.05) is 64.1 Å². The quantitative estimate of drug-likeness (QED) is 0.237. The van der Waals surface area contributed by atoms with Crippen molar-refractivity contribution in [1.29, 1.82) is 0 Å². The molecule has 0 saturated heterocycles. The Morgan fingerprint density at radius 1 is 1.03 bits per heavy atom. The summed E-state index contributed by atoms with van der Waals surface area (Å²) in [5.74, 6) is -0.324. The Hall–Kier alpha value is -3.52. The van der Waals surface area contributed by atoms with Crippen molar-refractivity contribution in [2.75, 3.05) is 6.61 Å². The average molecular weight is 540 g/mol. The maximum Gasteiger partial charge on any atom is 0.418 e. The molecule has 0 spiro atoms. The van der Waals surface area contributed by atoms with E-state index < -0.39 is 11.7 Å². The van der Waals surface area contributed by atoms with Crippen molar-refractivity contribution in [3.05, 3.63) is 69.7 Å². The fourth-order valence-electron chi connectivity index (χ4n) is 4.86. The van der Waals surface area contributed by atoms with Gasteiger partial charge in [-0.15, -0.1) is 0 Å². The van der Waals surface area contributed by atoms with Crippen LogP contribution in [0.15, 0.2) is 53.5 Å². The highest BCUT2D eigenvalue weighted by molar-refractivity contribution is 6.31. The Morgan fingerprint density at radius 3 is 2.39 bits per heavy atom. The minimum atomic E-state index is -0.650. The number of hydrogen-bond acceptors (Lipinski definition) is 5.